The van der Waals surface area contributed by atoms with Crippen LogP contribution in [0.1, 0.15) is 35.7 Å². The topological polar surface area (TPSA) is 41.5 Å². The molecule has 0 aliphatic rings. The lowest BCUT2D eigenvalue weighted by Crippen LogP contribution is -2.26. The summed E-state index contributed by atoms with van der Waals surface area (Å²) in [7, 11) is 1.67. The lowest BCUT2D eigenvalue weighted by Gasteiger charge is -2.26. The second kappa shape index (κ2) is 8.38. The molecule has 3 nitrogen and oxygen atoms in total. The van der Waals surface area contributed by atoms with Crippen molar-refractivity contribution in [1.82, 2.24) is 5.32 Å². The van der Waals surface area contributed by atoms with Crippen molar-refractivity contribution < 1.29 is 9.84 Å². The van der Waals surface area contributed by atoms with Gasteiger partial charge in [0, 0.05) is 11.6 Å². The van der Waals surface area contributed by atoms with Crippen molar-refractivity contribution in [3.63, 3.8) is 0 Å². The van der Waals surface area contributed by atoms with Crippen LogP contribution >= 0.6 is 0 Å². The summed E-state index contributed by atoms with van der Waals surface area (Å²) in [6.45, 7) is 2.15. The van der Waals surface area contributed by atoms with Crippen LogP contribution in [0, 0.1) is 0 Å². The fourth-order valence-corrected chi connectivity index (χ4v) is 3.82. The molecule has 4 aromatic rings. The first-order valence-corrected chi connectivity index (χ1v) is 9.83. The maximum absolute atomic E-state index is 10.9. The molecule has 0 heterocycles. The number of aromatic hydroxyl groups is 1. The van der Waals surface area contributed by atoms with Crippen LogP contribution in [-0.2, 0) is 0 Å². The number of ether oxygens (including phenoxy) is 1. The molecule has 2 atom stereocenters. The number of hydrogen-bond donors (Lipinski definition) is 2. The predicted molar refractivity (Wildman–Crippen MR) is 118 cm³/mol. The SMILES string of the molecule is COc1ccc([C@H](N[C@@H](C)c2ccccc2)c2c(O)ccc3ccccc23)cc1. The minimum absolute atomic E-state index is 0.0988. The van der Waals surface area contributed by atoms with E-state index < -0.39 is 0 Å². The number of nitrogens with one attached hydrogen (secondary N) is 1. The van der Waals surface area contributed by atoms with Crippen LogP contribution in [0.3, 0.4) is 0 Å². The van der Waals surface area contributed by atoms with E-state index in [2.05, 4.69) is 48.6 Å². The van der Waals surface area contributed by atoms with Gasteiger partial charge in [-0.1, -0.05) is 72.8 Å². The normalized spacial score (nSPS) is 13.2. The van der Waals surface area contributed by atoms with Crippen molar-refractivity contribution >= 4 is 10.8 Å². The third-order valence-corrected chi connectivity index (χ3v) is 5.40. The third-order valence-electron chi connectivity index (χ3n) is 5.40. The summed E-state index contributed by atoms with van der Waals surface area (Å²) < 4.78 is 5.33. The van der Waals surface area contributed by atoms with Crippen molar-refractivity contribution in [1.29, 1.82) is 0 Å². The van der Waals surface area contributed by atoms with Crippen LogP contribution in [0.2, 0.25) is 0 Å². The third kappa shape index (κ3) is 3.96. The molecule has 0 aliphatic heterocycles. The second-order valence-corrected chi connectivity index (χ2v) is 7.22. The van der Waals surface area contributed by atoms with E-state index in [1.165, 1.54) is 5.56 Å². The van der Waals surface area contributed by atoms with Gasteiger partial charge in [0.05, 0.1) is 13.2 Å². The van der Waals surface area contributed by atoms with Gasteiger partial charge in [0.1, 0.15) is 11.5 Å². The average Bonchev–Trinajstić information content (AvgIpc) is 2.78. The molecule has 0 saturated carbocycles. The molecular weight excluding hydrogens is 358 g/mol. The average molecular weight is 383 g/mol. The zero-order chi connectivity index (χ0) is 20.2. The Balaban J connectivity index is 1.83. The lowest BCUT2D eigenvalue weighted by molar-refractivity contribution is 0.414. The van der Waals surface area contributed by atoms with Crippen molar-refractivity contribution in [2.24, 2.45) is 0 Å². The van der Waals surface area contributed by atoms with Gasteiger partial charge in [-0.25, -0.2) is 0 Å². The summed E-state index contributed by atoms with van der Waals surface area (Å²) in [4.78, 5) is 0. The number of methoxy groups -OCH3 is 1. The number of phenolic OH excluding ortho intramolecular Hbond substituents is 1. The van der Waals surface area contributed by atoms with Gasteiger partial charge in [0.25, 0.3) is 0 Å². The van der Waals surface area contributed by atoms with Crippen LogP contribution in [0.25, 0.3) is 10.8 Å². The molecule has 3 heteroatoms. The summed E-state index contributed by atoms with van der Waals surface area (Å²) in [6.07, 6.45) is 0. The first-order valence-electron chi connectivity index (χ1n) is 9.83. The molecule has 4 aromatic carbocycles. The minimum atomic E-state index is -0.179. The highest BCUT2D eigenvalue weighted by Gasteiger charge is 2.22. The zero-order valence-electron chi connectivity index (χ0n) is 16.7. The molecule has 146 valence electrons. The van der Waals surface area contributed by atoms with E-state index in [4.69, 9.17) is 4.74 Å². The van der Waals surface area contributed by atoms with E-state index in [-0.39, 0.29) is 17.8 Å². The Morgan fingerprint density at radius 1 is 0.759 bits per heavy atom. The molecule has 0 aliphatic carbocycles. The lowest BCUT2D eigenvalue weighted by atomic mass is 9.91. The van der Waals surface area contributed by atoms with E-state index in [1.54, 1.807) is 13.2 Å². The van der Waals surface area contributed by atoms with Crippen molar-refractivity contribution in [2.75, 3.05) is 7.11 Å². The van der Waals surface area contributed by atoms with Gasteiger partial charge < -0.3 is 9.84 Å². The summed E-state index contributed by atoms with van der Waals surface area (Å²) in [5.74, 6) is 1.10. The Kier molecular flexibility index (Phi) is 5.50. The zero-order valence-corrected chi connectivity index (χ0v) is 16.7. The van der Waals surface area contributed by atoms with E-state index in [1.807, 2.05) is 48.5 Å². The van der Waals surface area contributed by atoms with Crippen LogP contribution in [0.15, 0.2) is 91.0 Å². The molecular formula is C26H25NO2. The summed E-state index contributed by atoms with van der Waals surface area (Å²) >= 11 is 0. The smallest absolute Gasteiger partial charge is 0.121 e. The highest BCUT2D eigenvalue weighted by Crippen LogP contribution is 2.37. The minimum Gasteiger partial charge on any atom is -0.508 e. The summed E-state index contributed by atoms with van der Waals surface area (Å²) in [6, 6.07) is 30.2. The second-order valence-electron chi connectivity index (χ2n) is 7.22. The fourth-order valence-electron chi connectivity index (χ4n) is 3.82. The van der Waals surface area contributed by atoms with E-state index in [0.717, 1.165) is 27.6 Å². The maximum atomic E-state index is 10.9. The van der Waals surface area contributed by atoms with Gasteiger partial charge in [-0.2, -0.15) is 0 Å². The van der Waals surface area contributed by atoms with Crippen molar-refractivity contribution in [3.8, 4) is 11.5 Å². The highest BCUT2D eigenvalue weighted by atomic mass is 16.5. The van der Waals surface area contributed by atoms with Gasteiger partial charge in [0.2, 0.25) is 0 Å². The van der Waals surface area contributed by atoms with E-state index in [0.29, 0.717) is 0 Å². The maximum Gasteiger partial charge on any atom is 0.121 e. The quantitative estimate of drug-likeness (QED) is 0.429. The van der Waals surface area contributed by atoms with Crippen LogP contribution in [-0.4, -0.2) is 12.2 Å². The molecule has 0 spiro atoms. The van der Waals surface area contributed by atoms with Crippen LogP contribution < -0.4 is 10.1 Å². The predicted octanol–water partition coefficient (Wildman–Crippen LogP) is 5.99. The molecule has 0 unspecified atom stereocenters. The summed E-state index contributed by atoms with van der Waals surface area (Å²) in [5.41, 5.74) is 3.15. The van der Waals surface area contributed by atoms with Crippen molar-refractivity contribution in [3.05, 3.63) is 108 Å². The molecule has 0 bridgehead atoms. The molecule has 2 N–H and O–H groups in total. The largest absolute Gasteiger partial charge is 0.508 e. The number of fused-ring (bicyclic) bond motifs is 1. The first kappa shape index (κ1) is 19.0. The van der Waals surface area contributed by atoms with E-state index in [9.17, 15) is 5.11 Å². The highest BCUT2D eigenvalue weighted by molar-refractivity contribution is 5.88. The Morgan fingerprint density at radius 2 is 1.45 bits per heavy atom. The van der Waals surface area contributed by atoms with Crippen molar-refractivity contribution in [2.45, 2.75) is 19.0 Å². The first-order chi connectivity index (χ1) is 14.2. The Labute approximate surface area is 171 Å². The molecule has 0 fully saturated rings. The molecule has 0 amide bonds. The Morgan fingerprint density at radius 3 is 2.17 bits per heavy atom. The molecule has 0 saturated heterocycles. The van der Waals surface area contributed by atoms with Gasteiger partial charge in [-0.3, -0.25) is 5.32 Å². The number of phenols is 1. The Hall–Kier alpha value is -3.30. The summed E-state index contributed by atoms with van der Waals surface area (Å²) in [5, 5.41) is 16.7. The molecule has 0 aromatic heterocycles. The molecule has 29 heavy (non-hydrogen) atoms. The van der Waals surface area contributed by atoms with E-state index >= 15 is 0 Å². The van der Waals surface area contributed by atoms with Gasteiger partial charge in [-0.05, 0) is 47.0 Å². The number of hydrogen-bond acceptors (Lipinski definition) is 3. The van der Waals surface area contributed by atoms with Gasteiger partial charge in [-0.15, -0.1) is 0 Å². The van der Waals surface area contributed by atoms with Gasteiger partial charge >= 0.3 is 0 Å². The standard InChI is InChI=1S/C26H25NO2/c1-18(19-8-4-3-5-9-19)27-26(21-12-15-22(29-2)16-13-21)25-23-11-7-6-10-20(23)14-17-24(25)28/h3-18,26-28H,1-2H3/t18-,26-/m0/s1. The van der Waals surface area contributed by atoms with Crippen LogP contribution in [0.4, 0.5) is 0 Å². The molecule has 4 rings (SSSR count). The van der Waals surface area contributed by atoms with Crippen LogP contribution in [0.5, 0.6) is 11.5 Å². The Bertz CT molecular complexity index is 1090. The molecule has 0 radical (unpaired) electrons. The van der Waals surface area contributed by atoms with Gasteiger partial charge in [0.15, 0.2) is 0 Å². The number of rotatable bonds is 6. The fraction of sp³-hybridized carbons (Fsp3) is 0.154. The number of benzene rings is 4. The monoisotopic (exact) mass is 383 g/mol.